The predicted molar refractivity (Wildman–Crippen MR) is 125 cm³/mol. The van der Waals surface area contributed by atoms with Gasteiger partial charge in [-0.05, 0) is 32.4 Å². The Morgan fingerprint density at radius 1 is 1.17 bits per heavy atom. The summed E-state index contributed by atoms with van der Waals surface area (Å²) in [6.45, 7) is 3.93. The number of aromatic nitrogens is 1. The van der Waals surface area contributed by atoms with Crippen LogP contribution < -0.4 is 5.32 Å². The maximum Gasteiger partial charge on any atom is 0.269 e. The van der Waals surface area contributed by atoms with Crippen LogP contribution in [0.2, 0.25) is 0 Å². The molecule has 1 amide bonds. The van der Waals surface area contributed by atoms with Gasteiger partial charge in [0.2, 0.25) is 0 Å². The molecule has 1 N–H and O–H groups in total. The van der Waals surface area contributed by atoms with E-state index in [1.165, 1.54) is 12.1 Å². The quantitative estimate of drug-likeness (QED) is 0.567. The Balaban J connectivity index is 1.22. The number of carbonyl (C=O) groups excluding carboxylic acids is 1. The highest BCUT2D eigenvalue weighted by Crippen LogP contribution is 2.35. The number of piperidine rings is 1. The van der Waals surface area contributed by atoms with Crippen LogP contribution in [0, 0.1) is 18.6 Å². The van der Waals surface area contributed by atoms with Crippen molar-refractivity contribution in [1.82, 2.24) is 15.4 Å². The van der Waals surface area contributed by atoms with Crippen LogP contribution in [0.15, 0.2) is 58.2 Å². The van der Waals surface area contributed by atoms with E-state index < -0.39 is 23.1 Å². The molecule has 182 valence electrons. The van der Waals surface area contributed by atoms with Gasteiger partial charge in [0.25, 0.3) is 5.91 Å². The highest BCUT2D eigenvalue weighted by Gasteiger charge is 2.44. The third-order valence-electron chi connectivity index (χ3n) is 6.59. The van der Waals surface area contributed by atoms with Crippen molar-refractivity contribution in [2.75, 3.05) is 13.1 Å². The van der Waals surface area contributed by atoms with Gasteiger partial charge in [0.05, 0.1) is 5.69 Å². The van der Waals surface area contributed by atoms with E-state index in [2.05, 4.69) is 20.5 Å². The van der Waals surface area contributed by atoms with Crippen molar-refractivity contribution < 1.29 is 22.9 Å². The molecule has 0 aliphatic carbocycles. The van der Waals surface area contributed by atoms with Crippen LogP contribution in [-0.4, -0.2) is 40.4 Å². The van der Waals surface area contributed by atoms with Crippen molar-refractivity contribution in [2.24, 2.45) is 5.16 Å². The second-order valence-corrected chi connectivity index (χ2v) is 9.14. The number of oxime groups is 1. The molecule has 2 aliphatic rings. The molecular formula is C26H26F2N4O3. The van der Waals surface area contributed by atoms with Crippen LogP contribution in [0.1, 0.15) is 36.1 Å². The zero-order chi connectivity index (χ0) is 24.4. The summed E-state index contributed by atoms with van der Waals surface area (Å²) in [7, 11) is 0. The van der Waals surface area contributed by atoms with Gasteiger partial charge in [0, 0.05) is 42.7 Å². The molecule has 35 heavy (non-hydrogen) atoms. The minimum absolute atomic E-state index is 0.0785. The largest absolute Gasteiger partial charge is 0.387 e. The molecule has 1 spiro atoms. The number of aryl methyl sites for hydroxylation is 1. The van der Waals surface area contributed by atoms with E-state index in [0.717, 1.165) is 48.0 Å². The van der Waals surface area contributed by atoms with Crippen LogP contribution in [-0.2, 0) is 22.7 Å². The van der Waals surface area contributed by atoms with Crippen molar-refractivity contribution >= 4 is 11.6 Å². The summed E-state index contributed by atoms with van der Waals surface area (Å²) in [5.41, 5.74) is 2.60. The fourth-order valence-corrected chi connectivity index (χ4v) is 4.76. The summed E-state index contributed by atoms with van der Waals surface area (Å²) >= 11 is 0. The standard InChI is InChI=1S/C26H26F2N4O3/c1-17-20(24(34-30-17)18-7-3-2-4-8-18)15-32-12-6-11-26(16-32)13-22(31-35-26)25(33)29-14-19-9-5-10-21(27)23(19)28/h2-5,7-10H,6,11-16H2,1H3,(H,29,33). The van der Waals surface area contributed by atoms with Gasteiger partial charge in [0.15, 0.2) is 23.0 Å². The molecule has 2 aromatic carbocycles. The molecule has 3 aromatic rings. The van der Waals surface area contributed by atoms with Crippen molar-refractivity contribution in [1.29, 1.82) is 0 Å². The van der Waals surface area contributed by atoms with Gasteiger partial charge in [0.1, 0.15) is 5.71 Å². The summed E-state index contributed by atoms with van der Waals surface area (Å²) in [5, 5.41) is 10.9. The second-order valence-electron chi connectivity index (χ2n) is 9.14. The molecule has 1 saturated heterocycles. The first-order valence-electron chi connectivity index (χ1n) is 11.6. The second kappa shape index (κ2) is 9.58. The molecule has 1 aromatic heterocycles. The molecule has 9 heteroatoms. The van der Waals surface area contributed by atoms with E-state index >= 15 is 0 Å². The topological polar surface area (TPSA) is 80.0 Å². The van der Waals surface area contributed by atoms with E-state index in [4.69, 9.17) is 9.36 Å². The summed E-state index contributed by atoms with van der Waals surface area (Å²) in [6.07, 6.45) is 2.02. The van der Waals surface area contributed by atoms with Crippen LogP contribution >= 0.6 is 0 Å². The average molecular weight is 481 g/mol. The smallest absolute Gasteiger partial charge is 0.269 e. The number of halogens is 2. The molecule has 7 nitrogen and oxygen atoms in total. The van der Waals surface area contributed by atoms with E-state index in [1.807, 2.05) is 37.3 Å². The van der Waals surface area contributed by atoms with E-state index in [-0.39, 0.29) is 17.8 Å². The molecule has 1 unspecified atom stereocenters. The number of carbonyl (C=O) groups is 1. The third-order valence-corrected chi connectivity index (χ3v) is 6.59. The van der Waals surface area contributed by atoms with E-state index in [0.29, 0.717) is 19.5 Å². The number of hydrogen-bond donors (Lipinski definition) is 1. The van der Waals surface area contributed by atoms with Crippen LogP contribution in [0.3, 0.4) is 0 Å². The number of amides is 1. The van der Waals surface area contributed by atoms with Gasteiger partial charge in [-0.15, -0.1) is 0 Å². The van der Waals surface area contributed by atoms with Crippen LogP contribution in [0.4, 0.5) is 8.78 Å². The molecule has 0 saturated carbocycles. The SMILES string of the molecule is Cc1noc(-c2ccccc2)c1CN1CCCC2(CC(C(=O)NCc3cccc(F)c3F)=NO2)C1. The van der Waals surface area contributed by atoms with Gasteiger partial charge in [-0.1, -0.05) is 52.8 Å². The number of rotatable bonds is 6. The fraction of sp³-hybridized carbons (Fsp3) is 0.346. The van der Waals surface area contributed by atoms with Crippen LogP contribution in [0.5, 0.6) is 0 Å². The number of hydrogen-bond acceptors (Lipinski definition) is 6. The van der Waals surface area contributed by atoms with Crippen LogP contribution in [0.25, 0.3) is 11.3 Å². The summed E-state index contributed by atoms with van der Waals surface area (Å²) in [6, 6.07) is 13.8. The Hall–Kier alpha value is -3.59. The van der Waals surface area contributed by atoms with Crippen molar-refractivity contribution in [3.8, 4) is 11.3 Å². The fourth-order valence-electron chi connectivity index (χ4n) is 4.76. The molecule has 3 heterocycles. The lowest BCUT2D eigenvalue weighted by molar-refractivity contribution is -0.115. The Labute approximate surface area is 201 Å². The van der Waals surface area contributed by atoms with Gasteiger partial charge < -0.3 is 14.7 Å². The number of nitrogens with one attached hydrogen (secondary N) is 1. The molecular weight excluding hydrogens is 454 g/mol. The molecule has 1 fully saturated rings. The Kier molecular flexibility index (Phi) is 6.34. The minimum atomic E-state index is -0.962. The lowest BCUT2D eigenvalue weighted by Gasteiger charge is -2.38. The highest BCUT2D eigenvalue weighted by molar-refractivity contribution is 6.39. The maximum absolute atomic E-state index is 13.9. The molecule has 2 aliphatic heterocycles. The summed E-state index contributed by atoms with van der Waals surface area (Å²) in [5.74, 6) is -1.59. The predicted octanol–water partition coefficient (Wildman–Crippen LogP) is 4.36. The average Bonchev–Trinajstić information content (AvgIpc) is 3.44. The molecule has 0 bridgehead atoms. The monoisotopic (exact) mass is 480 g/mol. The number of benzene rings is 2. The van der Waals surface area contributed by atoms with E-state index in [9.17, 15) is 13.6 Å². The normalized spacial score (nSPS) is 20.0. The Morgan fingerprint density at radius 3 is 2.83 bits per heavy atom. The highest BCUT2D eigenvalue weighted by atomic mass is 19.2. The Morgan fingerprint density at radius 2 is 2.00 bits per heavy atom. The lowest BCUT2D eigenvalue weighted by Crippen LogP contribution is -2.48. The molecule has 1 atom stereocenters. The Bertz CT molecular complexity index is 1260. The number of likely N-dealkylation sites (tertiary alicyclic amines) is 1. The van der Waals surface area contributed by atoms with Crippen molar-refractivity contribution in [2.45, 2.75) is 44.9 Å². The first kappa shape index (κ1) is 23.2. The van der Waals surface area contributed by atoms with Crippen molar-refractivity contribution in [3.05, 3.63) is 77.0 Å². The zero-order valence-electron chi connectivity index (χ0n) is 19.4. The first-order chi connectivity index (χ1) is 16.9. The van der Waals surface area contributed by atoms with Gasteiger partial charge in [-0.3, -0.25) is 9.69 Å². The van der Waals surface area contributed by atoms with Gasteiger partial charge in [-0.2, -0.15) is 0 Å². The van der Waals surface area contributed by atoms with Gasteiger partial charge >= 0.3 is 0 Å². The molecule has 0 radical (unpaired) electrons. The summed E-state index contributed by atoms with van der Waals surface area (Å²) in [4.78, 5) is 20.7. The van der Waals surface area contributed by atoms with E-state index in [1.54, 1.807) is 0 Å². The van der Waals surface area contributed by atoms with Gasteiger partial charge in [-0.25, -0.2) is 8.78 Å². The minimum Gasteiger partial charge on any atom is -0.387 e. The summed E-state index contributed by atoms with van der Waals surface area (Å²) < 4.78 is 32.9. The number of nitrogens with zero attached hydrogens (tertiary/aromatic N) is 3. The maximum atomic E-state index is 13.9. The molecule has 5 rings (SSSR count). The first-order valence-corrected chi connectivity index (χ1v) is 11.6. The van der Waals surface area contributed by atoms with Crippen molar-refractivity contribution in [3.63, 3.8) is 0 Å². The third kappa shape index (κ3) is 4.81. The lowest BCUT2D eigenvalue weighted by atomic mass is 9.87. The zero-order valence-corrected chi connectivity index (χ0v) is 19.4.